The van der Waals surface area contributed by atoms with E-state index in [0.29, 0.717) is 24.3 Å². The minimum absolute atomic E-state index is 0.315. The third-order valence-corrected chi connectivity index (χ3v) is 4.26. The zero-order chi connectivity index (χ0) is 20.8. The second-order valence-corrected chi connectivity index (χ2v) is 6.61. The molecule has 0 aliphatic heterocycles. The van der Waals surface area contributed by atoms with Gasteiger partial charge in [-0.1, -0.05) is 13.0 Å². The second kappa shape index (κ2) is 9.19. The molecule has 1 heterocycles. The molecule has 0 spiro atoms. The molecule has 29 heavy (non-hydrogen) atoms. The summed E-state index contributed by atoms with van der Waals surface area (Å²) in [5, 5.41) is 4.13. The van der Waals surface area contributed by atoms with Gasteiger partial charge in [-0.25, -0.2) is 9.59 Å². The van der Waals surface area contributed by atoms with E-state index in [1.54, 1.807) is 43.3 Å². The zero-order valence-electron chi connectivity index (χ0n) is 16.8. The molecule has 0 aliphatic rings. The van der Waals surface area contributed by atoms with Gasteiger partial charge in [-0.15, -0.1) is 0 Å². The average Bonchev–Trinajstić information content (AvgIpc) is 2.72. The van der Waals surface area contributed by atoms with E-state index in [0.717, 1.165) is 34.4 Å². The normalized spacial score (nSPS) is 10.6. The standard InChI is InChI=1S/C23H24N2O4/c1-4-11-29-23(27)16-7-6-8-18(13-16)25-21-12-15(3)24-20-10-9-17(14-19(20)21)22(26)28-5-2/h6-10,12-14H,4-5,11H2,1-3H3,(H,24,25). The van der Waals surface area contributed by atoms with Gasteiger partial charge in [0.15, 0.2) is 0 Å². The molecule has 0 fully saturated rings. The number of carbonyl (C=O) groups excluding carboxylic acids is 2. The highest BCUT2D eigenvalue weighted by Crippen LogP contribution is 2.28. The van der Waals surface area contributed by atoms with Crippen molar-refractivity contribution in [2.45, 2.75) is 27.2 Å². The lowest BCUT2D eigenvalue weighted by Gasteiger charge is -2.13. The number of hydrogen-bond acceptors (Lipinski definition) is 6. The van der Waals surface area contributed by atoms with E-state index in [4.69, 9.17) is 9.47 Å². The molecule has 0 amide bonds. The summed E-state index contributed by atoms with van der Waals surface area (Å²) in [6.07, 6.45) is 0.773. The van der Waals surface area contributed by atoms with Crippen LogP contribution in [0.5, 0.6) is 0 Å². The third-order valence-electron chi connectivity index (χ3n) is 4.26. The second-order valence-electron chi connectivity index (χ2n) is 6.61. The number of aromatic nitrogens is 1. The number of nitrogens with zero attached hydrogens (tertiary/aromatic N) is 1. The quantitative estimate of drug-likeness (QED) is 0.568. The fraction of sp³-hybridized carbons (Fsp3) is 0.261. The summed E-state index contributed by atoms with van der Waals surface area (Å²) in [5.41, 5.74) is 4.07. The van der Waals surface area contributed by atoms with Crippen molar-refractivity contribution < 1.29 is 19.1 Å². The van der Waals surface area contributed by atoms with Crippen LogP contribution in [0, 0.1) is 6.92 Å². The fourth-order valence-electron chi connectivity index (χ4n) is 2.96. The molecular formula is C23H24N2O4. The van der Waals surface area contributed by atoms with Gasteiger partial charge in [0.2, 0.25) is 0 Å². The summed E-state index contributed by atoms with van der Waals surface area (Å²) >= 11 is 0. The zero-order valence-corrected chi connectivity index (χ0v) is 16.8. The molecule has 2 aromatic carbocycles. The monoisotopic (exact) mass is 392 g/mol. The number of aryl methyl sites for hydroxylation is 1. The van der Waals surface area contributed by atoms with E-state index in [1.165, 1.54) is 0 Å². The predicted octanol–water partition coefficient (Wildman–Crippen LogP) is 5.03. The minimum Gasteiger partial charge on any atom is -0.462 e. The van der Waals surface area contributed by atoms with Crippen molar-refractivity contribution in [1.29, 1.82) is 0 Å². The van der Waals surface area contributed by atoms with Crippen molar-refractivity contribution in [3.8, 4) is 0 Å². The molecule has 1 N–H and O–H groups in total. The van der Waals surface area contributed by atoms with Gasteiger partial charge in [0.05, 0.1) is 29.9 Å². The third kappa shape index (κ3) is 4.90. The van der Waals surface area contributed by atoms with Gasteiger partial charge in [0.25, 0.3) is 0 Å². The van der Waals surface area contributed by atoms with Crippen molar-refractivity contribution >= 4 is 34.2 Å². The smallest absolute Gasteiger partial charge is 0.338 e. The Morgan fingerprint density at radius 3 is 2.48 bits per heavy atom. The SMILES string of the molecule is CCCOC(=O)c1cccc(Nc2cc(C)nc3ccc(C(=O)OCC)cc23)c1. The van der Waals surface area contributed by atoms with Crippen LogP contribution in [0.1, 0.15) is 46.7 Å². The number of fused-ring (bicyclic) bond motifs is 1. The number of ether oxygens (including phenoxy) is 2. The van der Waals surface area contributed by atoms with Gasteiger partial charge in [0, 0.05) is 22.5 Å². The van der Waals surface area contributed by atoms with Crippen LogP contribution in [0.4, 0.5) is 11.4 Å². The number of pyridine rings is 1. The number of anilines is 2. The van der Waals surface area contributed by atoms with Crippen molar-refractivity contribution in [2.24, 2.45) is 0 Å². The van der Waals surface area contributed by atoms with E-state index < -0.39 is 0 Å². The van der Waals surface area contributed by atoms with Crippen LogP contribution in [0.2, 0.25) is 0 Å². The molecule has 0 radical (unpaired) electrons. The molecule has 6 heteroatoms. The van der Waals surface area contributed by atoms with Crippen molar-refractivity contribution in [3.05, 3.63) is 65.4 Å². The number of esters is 2. The average molecular weight is 392 g/mol. The molecule has 150 valence electrons. The minimum atomic E-state index is -0.374. The number of nitrogens with one attached hydrogen (secondary N) is 1. The molecular weight excluding hydrogens is 368 g/mol. The highest BCUT2D eigenvalue weighted by atomic mass is 16.5. The highest BCUT2D eigenvalue weighted by Gasteiger charge is 2.12. The molecule has 1 aromatic heterocycles. The Kier molecular flexibility index (Phi) is 6.44. The van der Waals surface area contributed by atoms with E-state index in [2.05, 4.69) is 10.3 Å². The maximum Gasteiger partial charge on any atom is 0.338 e. The summed E-state index contributed by atoms with van der Waals surface area (Å²) in [7, 11) is 0. The van der Waals surface area contributed by atoms with Gasteiger partial charge in [-0.2, -0.15) is 0 Å². The fourth-order valence-corrected chi connectivity index (χ4v) is 2.96. The Morgan fingerprint density at radius 2 is 1.72 bits per heavy atom. The van der Waals surface area contributed by atoms with Gasteiger partial charge < -0.3 is 14.8 Å². The number of hydrogen-bond donors (Lipinski definition) is 1. The Morgan fingerprint density at radius 1 is 0.966 bits per heavy atom. The van der Waals surface area contributed by atoms with Crippen LogP contribution in [0.15, 0.2) is 48.5 Å². The lowest BCUT2D eigenvalue weighted by molar-refractivity contribution is 0.0501. The lowest BCUT2D eigenvalue weighted by atomic mass is 10.1. The Balaban J connectivity index is 1.96. The molecule has 0 unspecified atom stereocenters. The first-order chi connectivity index (χ1) is 14.0. The summed E-state index contributed by atoms with van der Waals surface area (Å²) in [6, 6.07) is 14.3. The van der Waals surface area contributed by atoms with Gasteiger partial charge in [-0.3, -0.25) is 4.98 Å². The lowest BCUT2D eigenvalue weighted by Crippen LogP contribution is -2.06. The molecule has 3 aromatic rings. The Labute approximate surface area is 169 Å². The van der Waals surface area contributed by atoms with Crippen molar-refractivity contribution in [1.82, 2.24) is 4.98 Å². The largest absolute Gasteiger partial charge is 0.462 e. The van der Waals surface area contributed by atoms with Crippen LogP contribution >= 0.6 is 0 Å². The van der Waals surface area contributed by atoms with Crippen LogP contribution < -0.4 is 5.32 Å². The van der Waals surface area contributed by atoms with Crippen LogP contribution in [-0.4, -0.2) is 30.1 Å². The summed E-state index contributed by atoms with van der Waals surface area (Å²) in [4.78, 5) is 28.8. The van der Waals surface area contributed by atoms with Crippen LogP contribution in [-0.2, 0) is 9.47 Å². The Hall–Kier alpha value is -3.41. The molecule has 0 bridgehead atoms. The Bertz CT molecular complexity index is 1050. The van der Waals surface area contributed by atoms with E-state index in [-0.39, 0.29) is 11.9 Å². The van der Waals surface area contributed by atoms with Crippen molar-refractivity contribution in [3.63, 3.8) is 0 Å². The maximum atomic E-state index is 12.1. The van der Waals surface area contributed by atoms with Crippen LogP contribution in [0.25, 0.3) is 10.9 Å². The first-order valence-electron chi connectivity index (χ1n) is 9.64. The topological polar surface area (TPSA) is 77.5 Å². The first kappa shape index (κ1) is 20.3. The van der Waals surface area contributed by atoms with Gasteiger partial charge in [-0.05, 0) is 62.7 Å². The van der Waals surface area contributed by atoms with Crippen molar-refractivity contribution in [2.75, 3.05) is 18.5 Å². The van der Waals surface area contributed by atoms with E-state index in [9.17, 15) is 9.59 Å². The number of benzene rings is 2. The predicted molar refractivity (Wildman–Crippen MR) is 113 cm³/mol. The summed E-state index contributed by atoms with van der Waals surface area (Å²) in [5.74, 6) is -0.725. The molecule has 0 atom stereocenters. The highest BCUT2D eigenvalue weighted by molar-refractivity contribution is 6.00. The molecule has 6 nitrogen and oxygen atoms in total. The molecule has 0 aliphatic carbocycles. The van der Waals surface area contributed by atoms with Crippen LogP contribution in [0.3, 0.4) is 0 Å². The summed E-state index contributed by atoms with van der Waals surface area (Å²) < 4.78 is 10.3. The molecule has 0 saturated heterocycles. The molecule has 0 saturated carbocycles. The number of carbonyl (C=O) groups is 2. The maximum absolute atomic E-state index is 12.1. The van der Waals surface area contributed by atoms with Gasteiger partial charge >= 0.3 is 11.9 Å². The number of rotatable bonds is 7. The van der Waals surface area contributed by atoms with Gasteiger partial charge in [0.1, 0.15) is 0 Å². The van der Waals surface area contributed by atoms with E-state index in [1.807, 2.05) is 26.0 Å². The summed E-state index contributed by atoms with van der Waals surface area (Å²) in [6.45, 7) is 6.33. The van der Waals surface area contributed by atoms with E-state index >= 15 is 0 Å². The molecule has 3 rings (SSSR count). The first-order valence-corrected chi connectivity index (χ1v) is 9.64.